The summed E-state index contributed by atoms with van der Waals surface area (Å²) in [5.74, 6) is -0.411. The highest BCUT2D eigenvalue weighted by atomic mass is 16.2. The lowest BCUT2D eigenvalue weighted by atomic mass is 10.0. The van der Waals surface area contributed by atoms with E-state index in [1.807, 2.05) is 19.9 Å². The van der Waals surface area contributed by atoms with Crippen LogP contribution in [-0.2, 0) is 11.3 Å². The molecule has 0 aromatic carbocycles. The highest BCUT2D eigenvalue weighted by Crippen LogP contribution is 2.36. The minimum Gasteiger partial charge on any atom is -0.358 e. The minimum atomic E-state index is -0.224. The number of carbonyl (C=O) groups is 2. The number of pyridine rings is 1. The van der Waals surface area contributed by atoms with E-state index in [9.17, 15) is 9.59 Å². The molecule has 0 spiro atoms. The van der Waals surface area contributed by atoms with Crippen LogP contribution in [0.2, 0.25) is 0 Å². The van der Waals surface area contributed by atoms with Crippen molar-refractivity contribution in [2.75, 3.05) is 18.4 Å². The van der Waals surface area contributed by atoms with Crippen LogP contribution in [0.3, 0.4) is 0 Å². The fourth-order valence-electron chi connectivity index (χ4n) is 3.94. The lowest BCUT2D eigenvalue weighted by Gasteiger charge is -2.08. The molecule has 2 bridgehead atoms. The molecule has 0 unspecified atom stereocenters. The van der Waals surface area contributed by atoms with Gasteiger partial charge in [-0.3, -0.25) is 19.7 Å². The zero-order valence-electron chi connectivity index (χ0n) is 16.6. The Kier molecular flexibility index (Phi) is 4.25. The molecule has 3 aromatic rings. The zero-order chi connectivity index (χ0) is 20.8. The van der Waals surface area contributed by atoms with E-state index in [1.54, 1.807) is 18.3 Å². The summed E-state index contributed by atoms with van der Waals surface area (Å²) < 4.78 is 0. The van der Waals surface area contributed by atoms with Gasteiger partial charge in [-0.2, -0.15) is 5.10 Å². The summed E-state index contributed by atoms with van der Waals surface area (Å²) in [5, 5.41) is 16.5. The van der Waals surface area contributed by atoms with E-state index in [4.69, 9.17) is 0 Å². The molecular weight excluding hydrogens is 382 g/mol. The van der Waals surface area contributed by atoms with Gasteiger partial charge in [-0.05, 0) is 32.1 Å². The second-order valence-electron chi connectivity index (χ2n) is 7.51. The van der Waals surface area contributed by atoms with Gasteiger partial charge in [0.1, 0.15) is 0 Å². The third-order valence-electron chi connectivity index (χ3n) is 5.36. The molecule has 3 aromatic heterocycles. The van der Waals surface area contributed by atoms with Crippen LogP contribution < -0.4 is 16.0 Å². The number of nitrogens with one attached hydrogen (secondary N) is 5. The van der Waals surface area contributed by atoms with Crippen molar-refractivity contribution in [2.24, 2.45) is 0 Å². The van der Waals surface area contributed by atoms with Crippen molar-refractivity contribution in [1.29, 1.82) is 0 Å². The number of hydrogen-bond donors (Lipinski definition) is 5. The Balaban J connectivity index is 1.71. The fraction of sp³-hybridized carbons (Fsp3) is 0.238. The van der Waals surface area contributed by atoms with Gasteiger partial charge in [-0.1, -0.05) is 0 Å². The van der Waals surface area contributed by atoms with E-state index in [-0.39, 0.29) is 11.8 Å². The minimum absolute atomic E-state index is 0.187. The maximum atomic E-state index is 12.7. The van der Waals surface area contributed by atoms with Crippen molar-refractivity contribution in [3.8, 4) is 11.3 Å². The second-order valence-corrected chi connectivity index (χ2v) is 7.51. The third kappa shape index (κ3) is 3.00. The Labute approximate surface area is 172 Å². The molecule has 9 nitrogen and oxygen atoms in total. The Morgan fingerprint density at radius 2 is 1.90 bits per heavy atom. The van der Waals surface area contributed by atoms with E-state index in [1.165, 1.54) is 0 Å². The van der Waals surface area contributed by atoms with E-state index in [0.717, 1.165) is 33.9 Å². The number of H-pyrrole nitrogens is 2. The van der Waals surface area contributed by atoms with Crippen LogP contribution in [0.25, 0.3) is 22.9 Å². The molecule has 2 aliphatic heterocycles. The van der Waals surface area contributed by atoms with Crippen molar-refractivity contribution in [3.05, 3.63) is 52.2 Å². The van der Waals surface area contributed by atoms with Crippen LogP contribution in [0, 0.1) is 13.8 Å². The molecule has 0 saturated heterocycles. The first-order valence-electron chi connectivity index (χ1n) is 9.77. The quantitative estimate of drug-likeness (QED) is 0.391. The number of anilines is 1. The molecule has 9 heteroatoms. The van der Waals surface area contributed by atoms with E-state index >= 15 is 0 Å². The summed E-state index contributed by atoms with van der Waals surface area (Å²) in [6.07, 6.45) is 3.40. The molecule has 0 radical (unpaired) electrons. The van der Waals surface area contributed by atoms with Crippen LogP contribution in [-0.4, -0.2) is 45.1 Å². The molecule has 30 heavy (non-hydrogen) atoms. The van der Waals surface area contributed by atoms with Gasteiger partial charge in [-0.25, -0.2) is 0 Å². The summed E-state index contributed by atoms with van der Waals surface area (Å²) in [6, 6.07) is 3.69. The third-order valence-corrected chi connectivity index (χ3v) is 5.36. The van der Waals surface area contributed by atoms with Crippen LogP contribution in [0.4, 0.5) is 5.69 Å². The monoisotopic (exact) mass is 403 g/mol. The fourth-order valence-corrected chi connectivity index (χ4v) is 3.94. The van der Waals surface area contributed by atoms with Gasteiger partial charge in [0.05, 0.1) is 40.1 Å². The first-order chi connectivity index (χ1) is 14.5. The number of aromatic amines is 2. The highest BCUT2D eigenvalue weighted by molar-refractivity contribution is 6.35. The van der Waals surface area contributed by atoms with Crippen LogP contribution in [0.1, 0.15) is 38.7 Å². The Morgan fingerprint density at radius 3 is 2.77 bits per heavy atom. The number of fused-ring (bicyclic) bond motifs is 4. The lowest BCUT2D eigenvalue weighted by molar-refractivity contribution is -0.110. The molecule has 2 amide bonds. The van der Waals surface area contributed by atoms with Crippen molar-refractivity contribution in [1.82, 2.24) is 30.8 Å². The average molecular weight is 403 g/mol. The maximum Gasteiger partial charge on any atom is 0.256 e. The van der Waals surface area contributed by atoms with Crippen LogP contribution in [0.5, 0.6) is 0 Å². The van der Waals surface area contributed by atoms with Gasteiger partial charge in [0, 0.05) is 42.1 Å². The zero-order valence-corrected chi connectivity index (χ0v) is 16.6. The van der Waals surface area contributed by atoms with Gasteiger partial charge in [-0.15, -0.1) is 0 Å². The van der Waals surface area contributed by atoms with Crippen molar-refractivity contribution in [2.45, 2.75) is 20.4 Å². The maximum absolute atomic E-state index is 12.7. The van der Waals surface area contributed by atoms with E-state index in [2.05, 4.69) is 36.1 Å². The molecule has 5 N–H and O–H groups in total. The predicted octanol–water partition coefficient (Wildman–Crippen LogP) is 1.74. The first-order valence-corrected chi connectivity index (χ1v) is 9.77. The Bertz CT molecular complexity index is 1220. The molecule has 5 heterocycles. The molecule has 0 saturated carbocycles. The molecule has 152 valence electrons. The smallest absolute Gasteiger partial charge is 0.256 e. The standard InChI is InChI=1S/C21H21N7O2/c1-10-5-14-15(25-10)7-13-12-6-16(24-9-17(12)26-21(13)30)19-11(2)27-28-18(19)8-22-3-4-23-20(14)29/h5-7,9,22,25H,3-4,8H2,1-2H3,(H,23,29)(H,26,30)(H,27,28)/b13-7-. The summed E-state index contributed by atoms with van der Waals surface area (Å²) in [6.45, 7) is 5.42. The molecule has 0 fully saturated rings. The largest absolute Gasteiger partial charge is 0.358 e. The molecule has 0 aliphatic carbocycles. The van der Waals surface area contributed by atoms with Crippen molar-refractivity contribution >= 4 is 29.2 Å². The van der Waals surface area contributed by atoms with Crippen LogP contribution >= 0.6 is 0 Å². The number of aryl methyl sites for hydroxylation is 2. The molecule has 2 aliphatic rings. The molecule has 5 rings (SSSR count). The number of carbonyl (C=O) groups excluding carboxylic acids is 2. The Morgan fingerprint density at radius 1 is 1.03 bits per heavy atom. The predicted molar refractivity (Wildman–Crippen MR) is 113 cm³/mol. The highest BCUT2D eigenvalue weighted by Gasteiger charge is 2.27. The average Bonchev–Trinajstić information content (AvgIpc) is 3.36. The lowest BCUT2D eigenvalue weighted by Crippen LogP contribution is -2.32. The van der Waals surface area contributed by atoms with E-state index in [0.29, 0.717) is 42.2 Å². The number of nitrogens with zero attached hydrogens (tertiary/aromatic N) is 2. The van der Waals surface area contributed by atoms with Gasteiger partial charge >= 0.3 is 0 Å². The SMILES string of the molecule is Cc1cc2c([nH]1)/C=C1\C(=O)Nc3cnc(cc31)-c1c(n[nH]c1C)CNCCNC2=O. The van der Waals surface area contributed by atoms with E-state index < -0.39 is 0 Å². The number of hydrogen-bond acceptors (Lipinski definition) is 5. The van der Waals surface area contributed by atoms with Gasteiger partial charge < -0.3 is 20.9 Å². The summed E-state index contributed by atoms with van der Waals surface area (Å²) in [4.78, 5) is 33.2. The number of amides is 2. The van der Waals surface area contributed by atoms with Crippen LogP contribution in [0.15, 0.2) is 18.3 Å². The number of aromatic nitrogens is 4. The van der Waals surface area contributed by atoms with Crippen molar-refractivity contribution in [3.63, 3.8) is 0 Å². The summed E-state index contributed by atoms with van der Waals surface area (Å²) >= 11 is 0. The number of rotatable bonds is 0. The first kappa shape index (κ1) is 18.3. The molecule has 0 atom stereocenters. The topological polar surface area (TPSA) is 128 Å². The Hall–Kier alpha value is -3.72. The normalized spacial score (nSPS) is 17.7. The second kappa shape index (κ2) is 6.96. The summed E-state index contributed by atoms with van der Waals surface area (Å²) in [5.41, 5.74) is 7.24. The van der Waals surface area contributed by atoms with Gasteiger partial charge in [0.25, 0.3) is 11.8 Å². The van der Waals surface area contributed by atoms with Crippen molar-refractivity contribution < 1.29 is 9.59 Å². The molecular formula is C21H21N7O2. The van der Waals surface area contributed by atoms with Gasteiger partial charge in [0.15, 0.2) is 0 Å². The van der Waals surface area contributed by atoms with Gasteiger partial charge in [0.2, 0.25) is 0 Å². The summed E-state index contributed by atoms with van der Waals surface area (Å²) in [7, 11) is 0.